The van der Waals surface area contributed by atoms with Gasteiger partial charge in [-0.25, -0.2) is 4.98 Å². The molecule has 6 heteroatoms. The number of ether oxygens (including phenoxy) is 1. The number of nitrogens with zero attached hydrogens (tertiary/aromatic N) is 3. The Morgan fingerprint density at radius 2 is 1.83 bits per heavy atom. The molecule has 2 heterocycles. The smallest absolute Gasteiger partial charge is 0.262 e. The predicted octanol–water partition coefficient (Wildman–Crippen LogP) is 3.97. The second-order valence-corrected chi connectivity index (χ2v) is 7.63. The zero-order valence-electron chi connectivity index (χ0n) is 16.9. The third-order valence-electron chi connectivity index (χ3n) is 5.43. The number of amides is 1. The number of benzene rings is 2. The lowest BCUT2D eigenvalue weighted by atomic mass is 10.2. The van der Waals surface area contributed by atoms with Crippen LogP contribution < -0.4 is 10.1 Å². The molecular formula is C23H28N4O2. The molecule has 0 atom stereocenters. The Morgan fingerprint density at radius 3 is 2.59 bits per heavy atom. The van der Waals surface area contributed by atoms with E-state index in [0.717, 1.165) is 42.2 Å². The summed E-state index contributed by atoms with van der Waals surface area (Å²) in [5, 5.41) is 2.90. The van der Waals surface area contributed by atoms with Crippen molar-refractivity contribution in [2.24, 2.45) is 7.05 Å². The van der Waals surface area contributed by atoms with Crippen molar-refractivity contribution in [1.29, 1.82) is 0 Å². The average molecular weight is 393 g/mol. The van der Waals surface area contributed by atoms with Crippen LogP contribution in [-0.4, -0.2) is 40.1 Å². The number of imidazole rings is 1. The van der Waals surface area contributed by atoms with Crippen LogP contribution in [0.25, 0.3) is 11.0 Å². The van der Waals surface area contributed by atoms with E-state index in [-0.39, 0.29) is 12.5 Å². The van der Waals surface area contributed by atoms with E-state index in [0.29, 0.717) is 5.75 Å². The summed E-state index contributed by atoms with van der Waals surface area (Å²) in [5.41, 5.74) is 2.71. The zero-order valence-corrected chi connectivity index (χ0v) is 16.9. The molecule has 4 rings (SSSR count). The number of hydrogen-bond donors (Lipinski definition) is 1. The Balaban J connectivity index is 1.41. The molecule has 1 N–H and O–H groups in total. The highest BCUT2D eigenvalue weighted by molar-refractivity contribution is 5.94. The highest BCUT2D eigenvalue weighted by Crippen LogP contribution is 2.21. The number of aryl methyl sites for hydroxylation is 1. The monoisotopic (exact) mass is 392 g/mol. The molecule has 6 nitrogen and oxygen atoms in total. The number of rotatable bonds is 6. The van der Waals surface area contributed by atoms with Crippen molar-refractivity contribution in [3.05, 3.63) is 54.4 Å². The van der Waals surface area contributed by atoms with E-state index >= 15 is 0 Å². The summed E-state index contributed by atoms with van der Waals surface area (Å²) in [6, 6.07) is 15.2. The Morgan fingerprint density at radius 1 is 1.07 bits per heavy atom. The van der Waals surface area contributed by atoms with Gasteiger partial charge in [-0.1, -0.05) is 31.0 Å². The number of hydrogen-bond acceptors (Lipinski definition) is 4. The van der Waals surface area contributed by atoms with E-state index < -0.39 is 0 Å². The molecule has 1 amide bonds. The van der Waals surface area contributed by atoms with Gasteiger partial charge in [-0.3, -0.25) is 9.69 Å². The van der Waals surface area contributed by atoms with Gasteiger partial charge >= 0.3 is 0 Å². The van der Waals surface area contributed by atoms with Crippen LogP contribution in [0.15, 0.2) is 48.5 Å². The number of likely N-dealkylation sites (tertiary alicyclic amines) is 1. The minimum atomic E-state index is -0.186. The molecule has 0 unspecified atom stereocenters. The molecule has 0 aliphatic carbocycles. The number of para-hydroxylation sites is 1. The van der Waals surface area contributed by atoms with Crippen molar-refractivity contribution >= 4 is 22.6 Å². The Labute approximate surface area is 171 Å². The van der Waals surface area contributed by atoms with Crippen molar-refractivity contribution in [3.63, 3.8) is 0 Å². The van der Waals surface area contributed by atoms with Gasteiger partial charge in [-0.05, 0) is 56.3 Å². The quantitative estimate of drug-likeness (QED) is 0.690. The normalized spacial score (nSPS) is 15.2. The van der Waals surface area contributed by atoms with Crippen LogP contribution in [0.5, 0.6) is 5.75 Å². The molecule has 1 aromatic heterocycles. The van der Waals surface area contributed by atoms with Crippen molar-refractivity contribution in [2.45, 2.75) is 32.2 Å². The molecule has 1 fully saturated rings. The fraction of sp³-hybridized carbons (Fsp3) is 0.391. The van der Waals surface area contributed by atoms with Crippen molar-refractivity contribution in [1.82, 2.24) is 14.5 Å². The summed E-state index contributed by atoms with van der Waals surface area (Å²) in [6.45, 7) is 3.14. The van der Waals surface area contributed by atoms with Gasteiger partial charge in [0, 0.05) is 12.7 Å². The van der Waals surface area contributed by atoms with E-state index in [1.165, 1.54) is 25.7 Å². The first-order valence-corrected chi connectivity index (χ1v) is 10.3. The molecule has 1 aliphatic rings. The van der Waals surface area contributed by atoms with Gasteiger partial charge in [-0.15, -0.1) is 0 Å². The van der Waals surface area contributed by atoms with Crippen LogP contribution in [0.2, 0.25) is 0 Å². The van der Waals surface area contributed by atoms with Crippen LogP contribution in [0.4, 0.5) is 5.69 Å². The summed E-state index contributed by atoms with van der Waals surface area (Å²) in [5.74, 6) is 1.56. The van der Waals surface area contributed by atoms with Crippen molar-refractivity contribution in [3.8, 4) is 5.75 Å². The minimum absolute atomic E-state index is 0.0233. The maximum Gasteiger partial charge on any atom is 0.262 e. The molecule has 152 valence electrons. The minimum Gasteiger partial charge on any atom is -0.484 e. The largest absolute Gasteiger partial charge is 0.484 e. The number of fused-ring (bicyclic) bond motifs is 1. The van der Waals surface area contributed by atoms with Gasteiger partial charge in [0.25, 0.3) is 5.91 Å². The summed E-state index contributed by atoms with van der Waals surface area (Å²) in [4.78, 5) is 19.6. The van der Waals surface area contributed by atoms with E-state index in [4.69, 9.17) is 9.72 Å². The maximum atomic E-state index is 12.2. The zero-order chi connectivity index (χ0) is 20.1. The Kier molecular flexibility index (Phi) is 6.10. The first-order valence-electron chi connectivity index (χ1n) is 10.3. The highest BCUT2D eigenvalue weighted by atomic mass is 16.5. The third kappa shape index (κ3) is 4.95. The third-order valence-corrected chi connectivity index (χ3v) is 5.43. The standard InChI is InChI=1S/C23H28N4O2/c1-26-21-12-11-18(24-23(28)17-29-19-9-5-4-6-10-19)15-20(21)25-22(26)16-27-13-7-2-3-8-14-27/h4-6,9-12,15H,2-3,7-8,13-14,16-17H2,1H3,(H,24,28). The molecule has 0 bridgehead atoms. The highest BCUT2D eigenvalue weighted by Gasteiger charge is 2.15. The van der Waals surface area contributed by atoms with E-state index in [1.54, 1.807) is 0 Å². The number of carbonyl (C=O) groups excluding carboxylic acids is 1. The van der Waals surface area contributed by atoms with Gasteiger partial charge in [0.1, 0.15) is 11.6 Å². The molecule has 0 radical (unpaired) electrons. The molecule has 1 aliphatic heterocycles. The molecular weight excluding hydrogens is 364 g/mol. The molecule has 2 aromatic carbocycles. The van der Waals surface area contributed by atoms with E-state index in [9.17, 15) is 4.79 Å². The number of anilines is 1. The summed E-state index contributed by atoms with van der Waals surface area (Å²) < 4.78 is 7.67. The van der Waals surface area contributed by atoms with Crippen LogP contribution in [-0.2, 0) is 18.4 Å². The molecule has 1 saturated heterocycles. The van der Waals surface area contributed by atoms with Gasteiger partial charge < -0.3 is 14.6 Å². The van der Waals surface area contributed by atoms with Crippen LogP contribution >= 0.6 is 0 Å². The topological polar surface area (TPSA) is 59.4 Å². The molecule has 29 heavy (non-hydrogen) atoms. The van der Waals surface area contributed by atoms with E-state index in [2.05, 4.69) is 21.8 Å². The fourth-order valence-corrected chi connectivity index (χ4v) is 3.83. The second kappa shape index (κ2) is 9.09. The lowest BCUT2D eigenvalue weighted by molar-refractivity contribution is -0.118. The van der Waals surface area contributed by atoms with Gasteiger partial charge in [-0.2, -0.15) is 0 Å². The second-order valence-electron chi connectivity index (χ2n) is 7.63. The fourth-order valence-electron chi connectivity index (χ4n) is 3.83. The lowest BCUT2D eigenvalue weighted by Crippen LogP contribution is -2.25. The lowest BCUT2D eigenvalue weighted by Gasteiger charge is -2.19. The first kappa shape index (κ1) is 19.5. The summed E-state index contributed by atoms with van der Waals surface area (Å²) in [6.07, 6.45) is 5.20. The van der Waals surface area contributed by atoms with Gasteiger partial charge in [0.2, 0.25) is 0 Å². The summed E-state index contributed by atoms with van der Waals surface area (Å²) in [7, 11) is 2.06. The van der Waals surface area contributed by atoms with E-state index in [1.807, 2.05) is 48.5 Å². The van der Waals surface area contributed by atoms with Crippen LogP contribution in [0.1, 0.15) is 31.5 Å². The molecule has 0 spiro atoms. The van der Waals surface area contributed by atoms with Crippen molar-refractivity contribution < 1.29 is 9.53 Å². The first-order chi connectivity index (χ1) is 14.2. The molecule has 3 aromatic rings. The SMILES string of the molecule is Cn1c(CN2CCCCCC2)nc2cc(NC(=O)COc3ccccc3)ccc21. The van der Waals surface area contributed by atoms with Gasteiger partial charge in [0.05, 0.1) is 17.6 Å². The van der Waals surface area contributed by atoms with Crippen molar-refractivity contribution in [2.75, 3.05) is 25.0 Å². The van der Waals surface area contributed by atoms with Crippen LogP contribution in [0.3, 0.4) is 0 Å². The number of nitrogens with one attached hydrogen (secondary N) is 1. The Bertz CT molecular complexity index is 960. The number of carbonyl (C=O) groups is 1. The summed E-state index contributed by atoms with van der Waals surface area (Å²) >= 11 is 0. The Hall–Kier alpha value is -2.86. The van der Waals surface area contributed by atoms with Crippen LogP contribution in [0, 0.1) is 0 Å². The molecule has 0 saturated carbocycles. The van der Waals surface area contributed by atoms with Gasteiger partial charge in [0.15, 0.2) is 6.61 Å². The predicted molar refractivity (Wildman–Crippen MR) is 115 cm³/mol. The maximum absolute atomic E-state index is 12.2. The average Bonchev–Trinajstić information content (AvgIpc) is 2.89. The number of aromatic nitrogens is 2.